The summed E-state index contributed by atoms with van der Waals surface area (Å²) in [6.07, 6.45) is 5.20. The Kier molecular flexibility index (Phi) is 8.46. The van der Waals surface area contributed by atoms with E-state index in [-0.39, 0.29) is 11.7 Å². The van der Waals surface area contributed by atoms with Crippen molar-refractivity contribution in [1.82, 2.24) is 9.47 Å². The number of primary amides is 1. The number of nitrogens with zero attached hydrogens (tertiary/aromatic N) is 4. The molecular formula is C35H36N6O3. The summed E-state index contributed by atoms with van der Waals surface area (Å²) in [5.74, 6) is -0.534. The number of piperazine rings is 1. The van der Waals surface area contributed by atoms with E-state index in [1.807, 2.05) is 66.9 Å². The summed E-state index contributed by atoms with van der Waals surface area (Å²) in [6.45, 7) is 4.77. The molecule has 3 heterocycles. The third-order valence-corrected chi connectivity index (χ3v) is 8.52. The van der Waals surface area contributed by atoms with Gasteiger partial charge >= 0.3 is 0 Å². The third-order valence-electron chi connectivity index (χ3n) is 8.52. The van der Waals surface area contributed by atoms with Gasteiger partial charge in [-0.1, -0.05) is 30.3 Å². The summed E-state index contributed by atoms with van der Waals surface area (Å²) in [4.78, 5) is 29.7. The zero-order valence-corrected chi connectivity index (χ0v) is 24.6. The highest BCUT2D eigenvalue weighted by Gasteiger charge is 2.21. The van der Waals surface area contributed by atoms with E-state index in [0.29, 0.717) is 17.6 Å². The summed E-state index contributed by atoms with van der Waals surface area (Å²) < 4.78 is 7.19. The molecule has 1 fully saturated rings. The first-order valence-electron chi connectivity index (χ1n) is 15.1. The highest BCUT2D eigenvalue weighted by Crippen LogP contribution is 2.27. The molecule has 1 unspecified atom stereocenters. The molecule has 0 spiro atoms. The van der Waals surface area contributed by atoms with Crippen molar-refractivity contribution in [2.75, 3.05) is 37.6 Å². The Labute approximate surface area is 256 Å². The average Bonchev–Trinajstić information content (AvgIpc) is 3.65. The Bertz CT molecular complexity index is 1840. The number of hydrogen-bond acceptors (Lipinski definition) is 7. The van der Waals surface area contributed by atoms with Crippen LogP contribution in [0, 0.1) is 11.3 Å². The zero-order chi connectivity index (χ0) is 30.6. The SMILES string of the molecule is N#Cc1ccc2c(c1)c(CCCCN1CCN(c3ccc4oc(C(N)=O)cc4c3)CC1)cn2C(=O)C(N)Cc1ccccc1. The molecule has 9 heteroatoms. The number of carbonyl (C=O) groups is 2. The lowest BCUT2D eigenvalue weighted by atomic mass is 10.0. The summed E-state index contributed by atoms with van der Waals surface area (Å²) in [5, 5.41) is 11.3. The van der Waals surface area contributed by atoms with Gasteiger partial charge in [0.2, 0.25) is 5.91 Å². The van der Waals surface area contributed by atoms with Crippen LogP contribution in [-0.2, 0) is 12.8 Å². The van der Waals surface area contributed by atoms with Crippen LogP contribution in [0.15, 0.2) is 83.4 Å². The molecule has 9 nitrogen and oxygen atoms in total. The van der Waals surface area contributed by atoms with E-state index in [0.717, 1.165) is 85.1 Å². The van der Waals surface area contributed by atoms with Crippen molar-refractivity contribution in [3.05, 3.63) is 101 Å². The maximum absolute atomic E-state index is 13.4. The van der Waals surface area contributed by atoms with Crippen LogP contribution in [0.3, 0.4) is 0 Å². The normalized spacial score (nSPS) is 14.6. The number of aryl methyl sites for hydroxylation is 1. The van der Waals surface area contributed by atoms with Gasteiger partial charge in [-0.3, -0.25) is 19.1 Å². The van der Waals surface area contributed by atoms with Crippen LogP contribution in [0.25, 0.3) is 21.9 Å². The minimum Gasteiger partial charge on any atom is -0.451 e. The van der Waals surface area contributed by atoms with Gasteiger partial charge in [0.15, 0.2) is 5.76 Å². The molecule has 6 rings (SSSR count). The second kappa shape index (κ2) is 12.8. The van der Waals surface area contributed by atoms with Crippen molar-refractivity contribution >= 4 is 39.4 Å². The molecule has 1 atom stereocenters. The highest BCUT2D eigenvalue weighted by molar-refractivity contribution is 5.97. The van der Waals surface area contributed by atoms with Gasteiger partial charge in [0.25, 0.3) is 5.91 Å². The Morgan fingerprint density at radius 1 is 0.955 bits per heavy atom. The number of benzene rings is 3. The van der Waals surface area contributed by atoms with Gasteiger partial charge in [-0.15, -0.1) is 0 Å². The first-order valence-corrected chi connectivity index (χ1v) is 15.1. The standard InChI is InChI=1S/C35H36N6O3/c36-22-25-9-11-31-29(18-25)26(23-41(31)35(43)30(37)19-24-6-2-1-3-7-24)8-4-5-13-39-14-16-40(17-15-39)28-10-12-32-27(20-28)21-33(44-32)34(38)42/h1-3,6-7,9-12,18,20-21,23,30H,4-5,8,13-17,19,37H2,(H2,38,42). The summed E-state index contributed by atoms with van der Waals surface area (Å²) in [7, 11) is 0. The van der Waals surface area contributed by atoms with Crippen LogP contribution in [-0.4, -0.2) is 60.0 Å². The van der Waals surface area contributed by atoms with Crippen LogP contribution < -0.4 is 16.4 Å². The first-order chi connectivity index (χ1) is 21.4. The summed E-state index contributed by atoms with van der Waals surface area (Å²) in [5.41, 5.74) is 17.0. The fourth-order valence-corrected chi connectivity index (χ4v) is 6.11. The van der Waals surface area contributed by atoms with E-state index in [4.69, 9.17) is 15.9 Å². The van der Waals surface area contributed by atoms with Crippen LogP contribution >= 0.6 is 0 Å². The first kappa shape index (κ1) is 29.2. The average molecular weight is 589 g/mol. The number of aromatic nitrogens is 1. The van der Waals surface area contributed by atoms with Gasteiger partial charge in [0.1, 0.15) is 5.58 Å². The Morgan fingerprint density at radius 2 is 1.75 bits per heavy atom. The number of rotatable bonds is 10. The Hall–Kier alpha value is -4.91. The van der Waals surface area contributed by atoms with E-state index >= 15 is 0 Å². The molecule has 1 aliphatic rings. The Morgan fingerprint density at radius 3 is 2.50 bits per heavy atom. The molecule has 0 aliphatic carbocycles. The molecule has 2 aromatic heterocycles. The summed E-state index contributed by atoms with van der Waals surface area (Å²) in [6, 6.07) is 24.5. The number of carbonyl (C=O) groups excluding carboxylic acids is 2. The van der Waals surface area contributed by atoms with Gasteiger partial charge in [-0.2, -0.15) is 5.26 Å². The van der Waals surface area contributed by atoms with E-state index in [2.05, 4.69) is 15.9 Å². The number of nitrogens with two attached hydrogens (primary N) is 2. The zero-order valence-electron chi connectivity index (χ0n) is 24.6. The predicted octanol–water partition coefficient (Wildman–Crippen LogP) is 4.71. The quantitative estimate of drug-likeness (QED) is 0.226. The number of hydrogen-bond donors (Lipinski definition) is 2. The Balaban J connectivity index is 1.05. The van der Waals surface area contributed by atoms with Crippen molar-refractivity contribution in [2.45, 2.75) is 31.7 Å². The number of furan rings is 1. The fraction of sp³-hybridized carbons (Fsp3) is 0.286. The van der Waals surface area contributed by atoms with Crippen molar-refractivity contribution in [3.8, 4) is 6.07 Å². The lowest BCUT2D eigenvalue weighted by Crippen LogP contribution is -2.46. The largest absolute Gasteiger partial charge is 0.451 e. The van der Waals surface area contributed by atoms with Gasteiger partial charge in [-0.25, -0.2) is 0 Å². The van der Waals surface area contributed by atoms with Crippen molar-refractivity contribution in [2.24, 2.45) is 11.5 Å². The number of anilines is 1. The van der Waals surface area contributed by atoms with Gasteiger partial charge in [0, 0.05) is 48.8 Å². The molecular weight excluding hydrogens is 552 g/mol. The molecule has 3 aromatic carbocycles. The molecule has 4 N–H and O–H groups in total. The van der Waals surface area contributed by atoms with Crippen molar-refractivity contribution in [3.63, 3.8) is 0 Å². The van der Waals surface area contributed by atoms with E-state index in [1.54, 1.807) is 16.7 Å². The fourth-order valence-electron chi connectivity index (χ4n) is 6.11. The molecule has 0 radical (unpaired) electrons. The number of amides is 1. The number of fused-ring (bicyclic) bond motifs is 2. The topological polar surface area (TPSA) is 135 Å². The lowest BCUT2D eigenvalue weighted by Gasteiger charge is -2.36. The van der Waals surface area contributed by atoms with E-state index in [9.17, 15) is 14.9 Å². The molecule has 0 bridgehead atoms. The van der Waals surface area contributed by atoms with Crippen LogP contribution in [0.4, 0.5) is 5.69 Å². The molecule has 1 saturated heterocycles. The number of nitriles is 1. The molecule has 44 heavy (non-hydrogen) atoms. The predicted molar refractivity (Wildman–Crippen MR) is 172 cm³/mol. The molecule has 1 amide bonds. The second-order valence-electron chi connectivity index (χ2n) is 11.5. The lowest BCUT2D eigenvalue weighted by molar-refractivity contribution is 0.0883. The van der Waals surface area contributed by atoms with Crippen LogP contribution in [0.2, 0.25) is 0 Å². The maximum Gasteiger partial charge on any atom is 0.284 e. The minimum atomic E-state index is -0.663. The third kappa shape index (κ3) is 6.23. The van der Waals surface area contributed by atoms with E-state index in [1.165, 1.54) is 0 Å². The molecule has 5 aromatic rings. The summed E-state index contributed by atoms with van der Waals surface area (Å²) >= 11 is 0. The van der Waals surface area contributed by atoms with E-state index < -0.39 is 11.9 Å². The molecule has 1 aliphatic heterocycles. The highest BCUT2D eigenvalue weighted by atomic mass is 16.3. The van der Waals surface area contributed by atoms with Gasteiger partial charge < -0.3 is 20.8 Å². The van der Waals surface area contributed by atoms with Crippen LogP contribution in [0.1, 0.15) is 44.9 Å². The monoisotopic (exact) mass is 588 g/mol. The maximum atomic E-state index is 13.4. The molecule has 0 saturated carbocycles. The smallest absolute Gasteiger partial charge is 0.284 e. The van der Waals surface area contributed by atoms with Crippen LogP contribution in [0.5, 0.6) is 0 Å². The van der Waals surface area contributed by atoms with Crippen molar-refractivity contribution in [1.29, 1.82) is 5.26 Å². The number of unbranched alkanes of at least 4 members (excludes halogenated alkanes) is 1. The van der Waals surface area contributed by atoms with Gasteiger partial charge in [-0.05, 0) is 85.8 Å². The van der Waals surface area contributed by atoms with Crippen molar-refractivity contribution < 1.29 is 14.0 Å². The second-order valence-corrected chi connectivity index (χ2v) is 11.5. The van der Waals surface area contributed by atoms with Gasteiger partial charge in [0.05, 0.1) is 23.2 Å². The molecule has 224 valence electrons. The minimum absolute atomic E-state index is 0.145.